The number of nitrogens with zero attached hydrogens (tertiary/aromatic N) is 4. The van der Waals surface area contributed by atoms with Gasteiger partial charge in [0.2, 0.25) is 0 Å². The van der Waals surface area contributed by atoms with Gasteiger partial charge in [-0.25, -0.2) is 14.3 Å². The number of nitrogens with one attached hydrogen (secondary N) is 2. The Morgan fingerprint density at radius 2 is 1.78 bits per heavy atom. The number of fused-ring (bicyclic) bond motifs is 1. The minimum atomic E-state index is -0.479. The average molecular weight is 450 g/mol. The van der Waals surface area contributed by atoms with E-state index in [1.807, 2.05) is 13.8 Å². The Labute approximate surface area is 188 Å². The number of carbonyl (C=O) groups is 2. The minimum Gasteiger partial charge on any atom is -0.382 e. The Kier molecular flexibility index (Phi) is 5.74. The van der Waals surface area contributed by atoms with Crippen LogP contribution in [0.1, 0.15) is 41.4 Å². The normalized spacial score (nSPS) is 11.0. The fourth-order valence-corrected chi connectivity index (χ4v) is 3.42. The third-order valence-electron chi connectivity index (χ3n) is 4.81. The lowest BCUT2D eigenvalue weighted by molar-refractivity contribution is 0.104. The van der Waals surface area contributed by atoms with Gasteiger partial charge in [0.25, 0.3) is 0 Å². The van der Waals surface area contributed by atoms with Crippen LogP contribution in [0.5, 0.6) is 0 Å². The highest BCUT2D eigenvalue weighted by Crippen LogP contribution is 2.27. The highest BCUT2D eigenvalue weighted by atomic mass is 35.5. The van der Waals surface area contributed by atoms with Crippen LogP contribution < -0.4 is 16.4 Å². The molecule has 0 unspecified atom stereocenters. The number of hydrogen-bond donors (Lipinski definition) is 3. The molecule has 10 heteroatoms. The highest BCUT2D eigenvalue weighted by molar-refractivity contribution is 6.30. The Bertz CT molecular complexity index is 1320. The molecule has 0 saturated carbocycles. The summed E-state index contributed by atoms with van der Waals surface area (Å²) >= 11 is 5.85. The maximum absolute atomic E-state index is 13.3. The molecule has 3 aromatic heterocycles. The molecule has 32 heavy (non-hydrogen) atoms. The first kappa shape index (κ1) is 21.3. The van der Waals surface area contributed by atoms with Crippen molar-refractivity contribution in [1.82, 2.24) is 19.6 Å². The van der Waals surface area contributed by atoms with Gasteiger partial charge in [-0.15, -0.1) is 0 Å². The number of amides is 2. The molecule has 9 nitrogen and oxygen atoms in total. The molecule has 3 heterocycles. The van der Waals surface area contributed by atoms with Crippen molar-refractivity contribution in [1.29, 1.82) is 0 Å². The predicted molar refractivity (Wildman–Crippen MR) is 123 cm³/mol. The quantitative estimate of drug-likeness (QED) is 0.388. The number of benzene rings is 1. The fourth-order valence-electron chi connectivity index (χ4n) is 3.29. The summed E-state index contributed by atoms with van der Waals surface area (Å²) in [6, 6.07) is 9.53. The Morgan fingerprint density at radius 3 is 2.50 bits per heavy atom. The number of urea groups is 1. The summed E-state index contributed by atoms with van der Waals surface area (Å²) in [7, 11) is 0. The zero-order valence-electron chi connectivity index (χ0n) is 17.3. The second-order valence-corrected chi connectivity index (χ2v) is 7.86. The average Bonchev–Trinajstić information content (AvgIpc) is 3.16. The second kappa shape index (κ2) is 8.64. The van der Waals surface area contributed by atoms with Crippen molar-refractivity contribution in [2.24, 2.45) is 0 Å². The van der Waals surface area contributed by atoms with Crippen molar-refractivity contribution in [3.05, 3.63) is 77.0 Å². The van der Waals surface area contributed by atoms with Crippen LogP contribution in [-0.4, -0.2) is 31.4 Å². The number of pyridine rings is 1. The summed E-state index contributed by atoms with van der Waals surface area (Å²) in [5.41, 5.74) is 8.93. The maximum atomic E-state index is 13.3. The zero-order valence-corrected chi connectivity index (χ0v) is 18.1. The van der Waals surface area contributed by atoms with Crippen LogP contribution in [0.15, 0.2) is 55.1 Å². The van der Waals surface area contributed by atoms with Crippen LogP contribution in [-0.2, 0) is 0 Å². The molecular weight excluding hydrogens is 430 g/mol. The monoisotopic (exact) mass is 449 g/mol. The zero-order chi connectivity index (χ0) is 22.8. The van der Waals surface area contributed by atoms with E-state index >= 15 is 0 Å². The Morgan fingerprint density at radius 1 is 1.06 bits per heavy atom. The molecule has 4 N–H and O–H groups in total. The molecule has 0 saturated heterocycles. The number of carbonyl (C=O) groups excluding carboxylic acids is 2. The third-order valence-corrected chi connectivity index (χ3v) is 5.06. The van der Waals surface area contributed by atoms with Gasteiger partial charge in [0.15, 0.2) is 11.6 Å². The van der Waals surface area contributed by atoms with Crippen molar-refractivity contribution in [2.45, 2.75) is 19.8 Å². The summed E-state index contributed by atoms with van der Waals surface area (Å²) in [4.78, 5) is 33.7. The summed E-state index contributed by atoms with van der Waals surface area (Å²) in [6.45, 7) is 4.00. The van der Waals surface area contributed by atoms with Gasteiger partial charge in [0.1, 0.15) is 11.8 Å². The molecule has 0 bridgehead atoms. The van der Waals surface area contributed by atoms with Crippen LogP contribution in [0.25, 0.3) is 5.52 Å². The van der Waals surface area contributed by atoms with E-state index in [1.165, 1.54) is 18.7 Å². The number of rotatable bonds is 5. The van der Waals surface area contributed by atoms with Crippen molar-refractivity contribution < 1.29 is 9.59 Å². The molecule has 4 rings (SSSR count). The van der Waals surface area contributed by atoms with E-state index in [1.54, 1.807) is 40.9 Å². The van der Waals surface area contributed by atoms with Gasteiger partial charge in [-0.05, 0) is 42.3 Å². The number of hydrogen-bond acceptors (Lipinski definition) is 6. The predicted octanol–water partition coefficient (Wildman–Crippen LogP) is 4.36. The molecular formula is C22H20ClN7O2. The van der Waals surface area contributed by atoms with Gasteiger partial charge in [-0.3, -0.25) is 9.78 Å². The molecule has 0 aliphatic heterocycles. The maximum Gasteiger partial charge on any atom is 0.323 e. The summed E-state index contributed by atoms with van der Waals surface area (Å²) in [6.07, 6.45) is 4.24. The topological polar surface area (TPSA) is 127 Å². The van der Waals surface area contributed by atoms with E-state index in [0.717, 1.165) is 5.69 Å². The molecule has 0 spiro atoms. The molecule has 0 atom stereocenters. The van der Waals surface area contributed by atoms with Gasteiger partial charge in [-0.1, -0.05) is 25.4 Å². The smallest absolute Gasteiger partial charge is 0.323 e. The summed E-state index contributed by atoms with van der Waals surface area (Å²) < 4.78 is 1.63. The standard InChI is InChI=1S/C22H20ClN7O2/c1-12(2)18-8-17(19-21(24)26-11-27-30(18)19)20(31)13-7-16(10-25-9-13)29-22(32)28-15-5-3-14(23)4-6-15/h3-12H,1-2H3,(H2,24,26,27)(H2,28,29,32). The molecule has 162 valence electrons. The van der Waals surface area contributed by atoms with Crippen molar-refractivity contribution in [2.75, 3.05) is 16.4 Å². The van der Waals surface area contributed by atoms with Crippen LogP contribution >= 0.6 is 11.6 Å². The summed E-state index contributed by atoms with van der Waals surface area (Å²) in [5, 5.41) is 10.2. The molecule has 0 radical (unpaired) electrons. The van der Waals surface area contributed by atoms with Crippen molar-refractivity contribution in [3.63, 3.8) is 0 Å². The number of halogens is 1. The minimum absolute atomic E-state index is 0.112. The highest BCUT2D eigenvalue weighted by Gasteiger charge is 2.22. The first-order chi connectivity index (χ1) is 15.3. The van der Waals surface area contributed by atoms with Crippen molar-refractivity contribution in [3.8, 4) is 0 Å². The van der Waals surface area contributed by atoms with Gasteiger partial charge in [0.05, 0.1) is 17.4 Å². The lowest BCUT2D eigenvalue weighted by atomic mass is 10.0. The van der Waals surface area contributed by atoms with Gasteiger partial charge >= 0.3 is 6.03 Å². The van der Waals surface area contributed by atoms with Gasteiger partial charge in [-0.2, -0.15) is 5.10 Å². The molecule has 0 aliphatic rings. The van der Waals surface area contributed by atoms with Crippen LogP contribution in [0.2, 0.25) is 5.02 Å². The van der Waals surface area contributed by atoms with E-state index in [-0.39, 0.29) is 17.5 Å². The fraction of sp³-hybridized carbons (Fsp3) is 0.136. The lowest BCUT2D eigenvalue weighted by Gasteiger charge is -2.08. The number of anilines is 3. The van der Waals surface area contributed by atoms with Gasteiger partial charge in [0, 0.05) is 28.2 Å². The van der Waals surface area contributed by atoms with E-state index in [0.29, 0.717) is 33.0 Å². The van der Waals surface area contributed by atoms with E-state index in [9.17, 15) is 9.59 Å². The van der Waals surface area contributed by atoms with Crippen LogP contribution in [0.3, 0.4) is 0 Å². The van der Waals surface area contributed by atoms with Crippen LogP contribution in [0.4, 0.5) is 22.0 Å². The first-order valence-electron chi connectivity index (χ1n) is 9.79. The van der Waals surface area contributed by atoms with Crippen molar-refractivity contribution >= 4 is 46.1 Å². The lowest BCUT2D eigenvalue weighted by Crippen LogP contribution is -2.19. The molecule has 2 amide bonds. The summed E-state index contributed by atoms with van der Waals surface area (Å²) in [5.74, 6) is 0.0195. The second-order valence-electron chi connectivity index (χ2n) is 7.42. The van der Waals surface area contributed by atoms with E-state index in [4.69, 9.17) is 17.3 Å². The Hall–Kier alpha value is -3.98. The number of nitrogens with two attached hydrogens (primary N) is 1. The van der Waals surface area contributed by atoms with Crippen LogP contribution in [0, 0.1) is 0 Å². The SMILES string of the molecule is CC(C)c1cc(C(=O)c2cncc(NC(=O)Nc3ccc(Cl)cc3)c2)c2c(N)ncnn12. The number of nitrogen functional groups attached to an aromatic ring is 1. The largest absolute Gasteiger partial charge is 0.382 e. The third kappa shape index (κ3) is 4.23. The molecule has 0 fully saturated rings. The van der Waals surface area contributed by atoms with E-state index in [2.05, 4.69) is 25.7 Å². The molecule has 4 aromatic rings. The first-order valence-corrected chi connectivity index (χ1v) is 10.2. The molecule has 0 aliphatic carbocycles. The van der Waals surface area contributed by atoms with E-state index < -0.39 is 6.03 Å². The Balaban J connectivity index is 1.60. The number of ketones is 1. The van der Waals surface area contributed by atoms with Gasteiger partial charge < -0.3 is 16.4 Å². The number of aromatic nitrogens is 4. The molecule has 1 aromatic carbocycles.